The van der Waals surface area contributed by atoms with Crippen molar-refractivity contribution in [2.24, 2.45) is 0 Å². The molecule has 1 aromatic rings. The van der Waals surface area contributed by atoms with Crippen LogP contribution in [0, 0.1) is 0 Å². The van der Waals surface area contributed by atoms with E-state index >= 15 is 0 Å². The van der Waals surface area contributed by atoms with Gasteiger partial charge in [-0.05, 0) is 30.4 Å². The maximum atomic E-state index is 5.39. The molecule has 0 amide bonds. The Morgan fingerprint density at radius 3 is 2.87 bits per heavy atom. The van der Waals surface area contributed by atoms with Gasteiger partial charge in [0, 0.05) is 25.6 Å². The first-order valence-corrected chi connectivity index (χ1v) is 5.98. The summed E-state index contributed by atoms with van der Waals surface area (Å²) in [6.45, 7) is 3.11. The highest BCUT2D eigenvalue weighted by molar-refractivity contribution is 7.10. The molecule has 84 valence electrons. The Kier molecular flexibility index (Phi) is 3.11. The van der Waals surface area contributed by atoms with Crippen LogP contribution in [0.2, 0.25) is 0 Å². The fraction of sp³-hybridized carbons (Fsp3) is 0.636. The van der Waals surface area contributed by atoms with E-state index in [0.717, 1.165) is 13.0 Å². The summed E-state index contributed by atoms with van der Waals surface area (Å²) >= 11 is 1.81. The fourth-order valence-corrected chi connectivity index (χ4v) is 3.30. The standard InChI is InChI=1S/C11H17NO2S/c1-11(10(13-2)14-3)8-5-7-15-9(8)4-6-12-11/h5,7,10,12H,4,6H2,1-3H3. The summed E-state index contributed by atoms with van der Waals surface area (Å²) in [6, 6.07) is 2.16. The Balaban J connectivity index is 2.37. The van der Waals surface area contributed by atoms with Gasteiger partial charge in [0.1, 0.15) is 0 Å². The van der Waals surface area contributed by atoms with Gasteiger partial charge in [0.2, 0.25) is 0 Å². The van der Waals surface area contributed by atoms with Gasteiger partial charge in [-0.25, -0.2) is 0 Å². The number of rotatable bonds is 3. The highest BCUT2D eigenvalue weighted by atomic mass is 32.1. The predicted molar refractivity (Wildman–Crippen MR) is 61.2 cm³/mol. The van der Waals surface area contributed by atoms with E-state index in [0.29, 0.717) is 0 Å². The van der Waals surface area contributed by atoms with E-state index in [9.17, 15) is 0 Å². The number of methoxy groups -OCH3 is 2. The second-order valence-corrected chi connectivity index (χ2v) is 4.94. The van der Waals surface area contributed by atoms with Crippen molar-refractivity contribution in [3.8, 4) is 0 Å². The van der Waals surface area contributed by atoms with Gasteiger partial charge in [-0.15, -0.1) is 11.3 Å². The van der Waals surface area contributed by atoms with Crippen LogP contribution >= 0.6 is 11.3 Å². The molecule has 1 N–H and O–H groups in total. The molecule has 1 atom stereocenters. The molecule has 0 fully saturated rings. The van der Waals surface area contributed by atoms with Gasteiger partial charge in [0.15, 0.2) is 6.29 Å². The normalized spacial score (nSPS) is 25.6. The van der Waals surface area contributed by atoms with Gasteiger partial charge in [0.05, 0.1) is 5.54 Å². The van der Waals surface area contributed by atoms with E-state index < -0.39 is 0 Å². The average molecular weight is 227 g/mol. The molecule has 1 unspecified atom stereocenters. The van der Waals surface area contributed by atoms with Gasteiger partial charge >= 0.3 is 0 Å². The van der Waals surface area contributed by atoms with Crippen LogP contribution in [-0.4, -0.2) is 27.1 Å². The first-order valence-electron chi connectivity index (χ1n) is 5.10. The minimum atomic E-state index is -0.244. The van der Waals surface area contributed by atoms with Crippen LogP contribution in [0.3, 0.4) is 0 Å². The lowest BCUT2D eigenvalue weighted by molar-refractivity contribution is -0.155. The minimum Gasteiger partial charge on any atom is -0.354 e. The maximum Gasteiger partial charge on any atom is 0.178 e. The van der Waals surface area contributed by atoms with Crippen molar-refractivity contribution in [1.82, 2.24) is 5.32 Å². The van der Waals surface area contributed by atoms with E-state index in [2.05, 4.69) is 23.7 Å². The maximum absolute atomic E-state index is 5.39. The summed E-state index contributed by atoms with van der Waals surface area (Å²) in [6.07, 6.45) is 0.856. The van der Waals surface area contributed by atoms with Crippen molar-refractivity contribution in [3.05, 3.63) is 21.9 Å². The summed E-state index contributed by atoms with van der Waals surface area (Å²) in [5.41, 5.74) is 1.09. The lowest BCUT2D eigenvalue weighted by Gasteiger charge is -2.39. The number of nitrogens with one attached hydrogen (secondary N) is 1. The molecule has 3 nitrogen and oxygen atoms in total. The lowest BCUT2D eigenvalue weighted by Crippen LogP contribution is -2.53. The topological polar surface area (TPSA) is 30.5 Å². The molecule has 0 bridgehead atoms. The highest BCUT2D eigenvalue weighted by Gasteiger charge is 2.40. The molecule has 0 aromatic carbocycles. The monoisotopic (exact) mass is 227 g/mol. The highest BCUT2D eigenvalue weighted by Crippen LogP contribution is 2.35. The van der Waals surface area contributed by atoms with Crippen LogP contribution in [-0.2, 0) is 21.4 Å². The molecule has 0 radical (unpaired) electrons. The van der Waals surface area contributed by atoms with E-state index in [1.54, 1.807) is 14.2 Å². The van der Waals surface area contributed by atoms with Crippen LogP contribution in [0.1, 0.15) is 17.4 Å². The Hall–Kier alpha value is -0.420. The largest absolute Gasteiger partial charge is 0.354 e. The van der Waals surface area contributed by atoms with E-state index in [1.165, 1.54) is 10.4 Å². The van der Waals surface area contributed by atoms with Crippen LogP contribution in [0.5, 0.6) is 0 Å². The third-order valence-corrected chi connectivity index (χ3v) is 4.03. The fourth-order valence-electron chi connectivity index (χ4n) is 2.31. The van der Waals surface area contributed by atoms with Crippen molar-refractivity contribution in [3.63, 3.8) is 0 Å². The molecule has 4 heteroatoms. The Morgan fingerprint density at radius 1 is 1.47 bits per heavy atom. The zero-order valence-electron chi connectivity index (χ0n) is 9.37. The molecule has 0 saturated carbocycles. The average Bonchev–Trinajstić information content (AvgIpc) is 2.69. The Morgan fingerprint density at radius 2 is 2.20 bits per heavy atom. The van der Waals surface area contributed by atoms with Crippen LogP contribution < -0.4 is 5.32 Å². The minimum absolute atomic E-state index is 0.225. The van der Waals surface area contributed by atoms with Gasteiger partial charge in [-0.3, -0.25) is 0 Å². The van der Waals surface area contributed by atoms with Crippen molar-refractivity contribution in [2.45, 2.75) is 25.2 Å². The smallest absolute Gasteiger partial charge is 0.178 e. The molecule has 2 heterocycles. The summed E-state index contributed by atoms with van der Waals surface area (Å²) in [7, 11) is 3.36. The molecule has 1 aliphatic rings. The van der Waals surface area contributed by atoms with Gasteiger partial charge in [-0.2, -0.15) is 0 Å². The zero-order chi connectivity index (χ0) is 10.9. The van der Waals surface area contributed by atoms with Crippen LogP contribution in [0.4, 0.5) is 0 Å². The summed E-state index contributed by atoms with van der Waals surface area (Å²) in [5, 5.41) is 5.63. The van der Waals surface area contributed by atoms with Gasteiger partial charge in [-0.1, -0.05) is 0 Å². The van der Waals surface area contributed by atoms with Crippen LogP contribution in [0.25, 0.3) is 0 Å². The number of fused-ring (bicyclic) bond motifs is 1. The lowest BCUT2D eigenvalue weighted by atomic mass is 9.88. The summed E-state index contributed by atoms with van der Waals surface area (Å²) in [4.78, 5) is 1.44. The molecular weight excluding hydrogens is 210 g/mol. The van der Waals surface area contributed by atoms with E-state index in [-0.39, 0.29) is 11.8 Å². The van der Waals surface area contributed by atoms with Crippen LogP contribution in [0.15, 0.2) is 11.4 Å². The van der Waals surface area contributed by atoms with Gasteiger partial charge < -0.3 is 14.8 Å². The second-order valence-electron chi connectivity index (χ2n) is 3.94. The summed E-state index contributed by atoms with van der Waals surface area (Å²) < 4.78 is 10.8. The third-order valence-electron chi connectivity index (χ3n) is 3.05. The summed E-state index contributed by atoms with van der Waals surface area (Å²) in [5.74, 6) is 0. The SMILES string of the molecule is COC(OC)C1(C)NCCc2sccc21. The molecule has 0 saturated heterocycles. The van der Waals surface area contributed by atoms with Gasteiger partial charge in [0.25, 0.3) is 0 Å². The molecule has 1 aliphatic heterocycles. The van der Waals surface area contributed by atoms with Crippen molar-refractivity contribution in [1.29, 1.82) is 0 Å². The Labute approximate surface area is 94.4 Å². The first kappa shape index (κ1) is 11.1. The van der Waals surface area contributed by atoms with E-state index in [4.69, 9.17) is 9.47 Å². The molecule has 1 aromatic heterocycles. The third kappa shape index (κ3) is 1.72. The molecule has 0 spiro atoms. The zero-order valence-corrected chi connectivity index (χ0v) is 10.2. The molecule has 0 aliphatic carbocycles. The number of thiophene rings is 1. The van der Waals surface area contributed by atoms with E-state index in [1.807, 2.05) is 11.3 Å². The molecular formula is C11H17NO2S. The predicted octanol–water partition coefficient (Wildman–Crippen LogP) is 1.73. The Bertz CT molecular complexity index is 335. The molecule has 2 rings (SSSR count). The van der Waals surface area contributed by atoms with Crippen molar-refractivity contribution < 1.29 is 9.47 Å². The van der Waals surface area contributed by atoms with Crippen molar-refractivity contribution >= 4 is 11.3 Å². The second kappa shape index (κ2) is 4.22. The first-order chi connectivity index (χ1) is 7.22. The molecule has 15 heavy (non-hydrogen) atoms. The number of hydrogen-bond donors (Lipinski definition) is 1. The quantitative estimate of drug-likeness (QED) is 0.798. The number of hydrogen-bond acceptors (Lipinski definition) is 4. The number of ether oxygens (including phenoxy) is 2. The van der Waals surface area contributed by atoms with Crippen molar-refractivity contribution in [2.75, 3.05) is 20.8 Å².